The van der Waals surface area contributed by atoms with E-state index in [2.05, 4.69) is 20.9 Å². The number of amides is 4. The summed E-state index contributed by atoms with van der Waals surface area (Å²) in [6.07, 6.45) is 6.31. The lowest BCUT2D eigenvalue weighted by Gasteiger charge is -2.19. The van der Waals surface area contributed by atoms with E-state index >= 15 is 0 Å². The van der Waals surface area contributed by atoms with E-state index in [0.29, 0.717) is 23.5 Å². The Hall–Kier alpha value is -4.22. The Morgan fingerprint density at radius 1 is 1.08 bits per heavy atom. The van der Waals surface area contributed by atoms with Crippen molar-refractivity contribution in [3.63, 3.8) is 0 Å². The SMILES string of the molecule is O=C(NCCCn1ccnc1)NC(Cc1ccccc1)C(=O)Nc1ccc2sc(C(=O)NO)cc2c1. The van der Waals surface area contributed by atoms with Crippen molar-refractivity contribution in [2.75, 3.05) is 11.9 Å². The van der Waals surface area contributed by atoms with Gasteiger partial charge in [0.25, 0.3) is 5.91 Å². The fourth-order valence-electron chi connectivity index (χ4n) is 3.67. The molecule has 1 unspecified atom stereocenters. The second-order valence-electron chi connectivity index (χ2n) is 8.09. The Balaban J connectivity index is 1.40. The van der Waals surface area contributed by atoms with Gasteiger partial charge in [-0.05, 0) is 41.6 Å². The molecule has 10 nitrogen and oxygen atoms in total. The Labute approximate surface area is 211 Å². The molecule has 0 aliphatic heterocycles. The van der Waals surface area contributed by atoms with E-state index < -0.39 is 18.0 Å². The number of thiophene rings is 1. The number of hydrogen-bond donors (Lipinski definition) is 5. The van der Waals surface area contributed by atoms with Gasteiger partial charge in [-0.1, -0.05) is 30.3 Å². The van der Waals surface area contributed by atoms with Crippen LogP contribution < -0.4 is 21.4 Å². The van der Waals surface area contributed by atoms with Gasteiger partial charge in [0, 0.05) is 42.3 Å². The minimum Gasteiger partial charge on any atom is -0.338 e. The number of nitrogens with one attached hydrogen (secondary N) is 4. The van der Waals surface area contributed by atoms with Crippen LogP contribution in [0.5, 0.6) is 0 Å². The van der Waals surface area contributed by atoms with Crippen molar-refractivity contribution in [1.29, 1.82) is 0 Å². The summed E-state index contributed by atoms with van der Waals surface area (Å²) < 4.78 is 2.76. The Kier molecular flexibility index (Phi) is 8.27. The van der Waals surface area contributed by atoms with Gasteiger partial charge < -0.3 is 20.5 Å². The van der Waals surface area contributed by atoms with Crippen molar-refractivity contribution in [2.24, 2.45) is 0 Å². The Morgan fingerprint density at radius 3 is 2.67 bits per heavy atom. The highest BCUT2D eigenvalue weighted by atomic mass is 32.1. The van der Waals surface area contributed by atoms with Crippen LogP contribution in [-0.2, 0) is 17.8 Å². The predicted octanol–water partition coefficient (Wildman–Crippen LogP) is 3.16. The summed E-state index contributed by atoms with van der Waals surface area (Å²) in [6.45, 7) is 1.17. The number of hydrogen-bond acceptors (Lipinski definition) is 6. The van der Waals surface area contributed by atoms with E-state index in [-0.39, 0.29) is 5.91 Å². The number of aryl methyl sites for hydroxylation is 1. The van der Waals surface area contributed by atoms with Gasteiger partial charge in [0.2, 0.25) is 5.91 Å². The van der Waals surface area contributed by atoms with Crippen LogP contribution in [0.3, 0.4) is 0 Å². The number of anilines is 1. The molecule has 0 bridgehead atoms. The van der Waals surface area contributed by atoms with Crippen LogP contribution in [0.15, 0.2) is 73.3 Å². The van der Waals surface area contributed by atoms with Gasteiger partial charge in [0.05, 0.1) is 11.2 Å². The first-order valence-corrected chi connectivity index (χ1v) is 12.2. The van der Waals surface area contributed by atoms with Crippen LogP contribution in [-0.4, -0.2) is 45.2 Å². The summed E-state index contributed by atoms with van der Waals surface area (Å²) in [5, 5.41) is 18.1. The third-order valence-corrected chi connectivity index (χ3v) is 6.57. The molecule has 2 aromatic heterocycles. The van der Waals surface area contributed by atoms with E-state index in [1.54, 1.807) is 42.3 Å². The largest absolute Gasteiger partial charge is 0.338 e. The highest BCUT2D eigenvalue weighted by molar-refractivity contribution is 7.20. The van der Waals surface area contributed by atoms with Crippen LogP contribution >= 0.6 is 11.3 Å². The first kappa shape index (κ1) is 24.9. The maximum absolute atomic E-state index is 13.2. The average molecular weight is 507 g/mol. The van der Waals surface area contributed by atoms with Gasteiger partial charge in [-0.25, -0.2) is 15.3 Å². The van der Waals surface area contributed by atoms with Crippen LogP contribution in [0, 0.1) is 0 Å². The van der Waals surface area contributed by atoms with Crippen LogP contribution in [0.4, 0.5) is 10.5 Å². The van der Waals surface area contributed by atoms with E-state index in [1.165, 1.54) is 11.3 Å². The number of rotatable bonds is 10. The number of nitrogens with zero attached hydrogens (tertiary/aromatic N) is 2. The van der Waals surface area contributed by atoms with E-state index in [0.717, 1.165) is 28.6 Å². The average Bonchev–Trinajstić information content (AvgIpc) is 3.56. The fraction of sp³-hybridized carbons (Fsp3) is 0.200. The summed E-state index contributed by atoms with van der Waals surface area (Å²) in [6, 6.07) is 15.1. The highest BCUT2D eigenvalue weighted by Gasteiger charge is 2.22. The second-order valence-corrected chi connectivity index (χ2v) is 9.17. The van der Waals surface area contributed by atoms with Gasteiger partial charge in [-0.3, -0.25) is 14.8 Å². The standard InChI is InChI=1S/C25H26N6O4S/c32-23(28-19-7-8-21-18(14-19)15-22(36-21)24(33)30-35)20(13-17-5-2-1-3-6-17)29-25(34)27-9-4-11-31-12-10-26-16-31/h1-3,5-8,10,12,14-16,20,35H,4,9,11,13H2,(H,28,32)(H,30,33)(H2,27,29,34). The third kappa shape index (κ3) is 6.68. The second kappa shape index (κ2) is 12.0. The molecule has 4 aromatic rings. The predicted molar refractivity (Wildman–Crippen MR) is 137 cm³/mol. The lowest BCUT2D eigenvalue weighted by Crippen LogP contribution is -2.49. The van der Waals surface area contributed by atoms with Crippen molar-refractivity contribution in [2.45, 2.75) is 25.4 Å². The maximum atomic E-state index is 13.2. The summed E-state index contributed by atoms with van der Waals surface area (Å²) in [7, 11) is 0. The highest BCUT2D eigenvalue weighted by Crippen LogP contribution is 2.28. The van der Waals surface area contributed by atoms with Crippen LogP contribution in [0.25, 0.3) is 10.1 Å². The molecule has 2 aromatic carbocycles. The van der Waals surface area contributed by atoms with Gasteiger partial charge in [-0.2, -0.15) is 0 Å². The molecular weight excluding hydrogens is 480 g/mol. The molecular formula is C25H26N6O4S. The van der Waals surface area contributed by atoms with Gasteiger partial charge in [0.15, 0.2) is 0 Å². The Bertz CT molecular complexity index is 1320. The van der Waals surface area contributed by atoms with E-state index in [1.807, 2.05) is 41.1 Å². The van der Waals surface area contributed by atoms with Gasteiger partial charge in [0.1, 0.15) is 6.04 Å². The van der Waals surface area contributed by atoms with E-state index in [4.69, 9.17) is 5.21 Å². The molecule has 186 valence electrons. The third-order valence-electron chi connectivity index (χ3n) is 5.45. The fourth-order valence-corrected chi connectivity index (χ4v) is 4.60. The van der Waals surface area contributed by atoms with Gasteiger partial charge in [-0.15, -0.1) is 11.3 Å². The molecule has 0 aliphatic carbocycles. The molecule has 0 saturated heterocycles. The summed E-state index contributed by atoms with van der Waals surface area (Å²) >= 11 is 1.23. The monoisotopic (exact) mass is 506 g/mol. The van der Waals surface area contributed by atoms with Crippen LogP contribution in [0.1, 0.15) is 21.7 Å². The van der Waals surface area contributed by atoms with Gasteiger partial charge >= 0.3 is 6.03 Å². The maximum Gasteiger partial charge on any atom is 0.315 e. The molecule has 4 rings (SSSR count). The topological polar surface area (TPSA) is 137 Å². The Morgan fingerprint density at radius 2 is 1.92 bits per heavy atom. The number of carbonyl (C=O) groups excluding carboxylic acids is 3. The first-order chi connectivity index (χ1) is 17.5. The molecule has 4 amide bonds. The molecule has 0 aliphatic rings. The zero-order chi connectivity index (χ0) is 25.3. The number of carbonyl (C=O) groups is 3. The number of benzene rings is 2. The lowest BCUT2D eigenvalue weighted by molar-refractivity contribution is -0.117. The number of hydroxylamine groups is 1. The molecule has 1 atom stereocenters. The van der Waals surface area contributed by atoms with Crippen molar-refractivity contribution < 1.29 is 19.6 Å². The van der Waals surface area contributed by atoms with Crippen molar-refractivity contribution in [3.8, 4) is 0 Å². The molecule has 0 saturated carbocycles. The van der Waals surface area contributed by atoms with Crippen molar-refractivity contribution in [3.05, 3.63) is 83.8 Å². The quantitative estimate of drug-likeness (QED) is 0.128. The summed E-state index contributed by atoms with van der Waals surface area (Å²) in [5.41, 5.74) is 3.06. The van der Waals surface area contributed by atoms with Crippen molar-refractivity contribution in [1.82, 2.24) is 25.7 Å². The number of aromatic nitrogens is 2. The molecule has 5 N–H and O–H groups in total. The molecule has 0 fully saturated rings. The first-order valence-electron chi connectivity index (χ1n) is 11.3. The molecule has 2 heterocycles. The molecule has 0 radical (unpaired) electrons. The van der Waals surface area contributed by atoms with Crippen molar-refractivity contribution >= 4 is 45.0 Å². The summed E-state index contributed by atoms with van der Waals surface area (Å²) in [5.74, 6) is -0.958. The molecule has 36 heavy (non-hydrogen) atoms. The normalized spacial score (nSPS) is 11.6. The zero-order valence-electron chi connectivity index (χ0n) is 19.3. The van der Waals surface area contributed by atoms with E-state index in [9.17, 15) is 14.4 Å². The summed E-state index contributed by atoms with van der Waals surface area (Å²) in [4.78, 5) is 41.8. The number of fused-ring (bicyclic) bond motifs is 1. The smallest absolute Gasteiger partial charge is 0.315 e. The zero-order valence-corrected chi connectivity index (χ0v) is 20.1. The number of imidazole rings is 1. The number of urea groups is 1. The molecule has 0 spiro atoms. The minimum absolute atomic E-state index is 0.316. The minimum atomic E-state index is -0.810. The lowest BCUT2D eigenvalue weighted by atomic mass is 10.1. The molecule has 11 heteroatoms. The van der Waals surface area contributed by atoms with Crippen LogP contribution in [0.2, 0.25) is 0 Å².